The van der Waals surface area contributed by atoms with Crippen molar-refractivity contribution in [3.8, 4) is 0 Å². The predicted octanol–water partition coefficient (Wildman–Crippen LogP) is 1.68. The van der Waals surface area contributed by atoms with Crippen molar-refractivity contribution >= 4 is 17.8 Å². The number of hydrogen-bond donors (Lipinski definition) is 3. The van der Waals surface area contributed by atoms with E-state index < -0.39 is 0 Å². The van der Waals surface area contributed by atoms with Gasteiger partial charge in [-0.2, -0.15) is 15.0 Å². The van der Waals surface area contributed by atoms with Gasteiger partial charge in [0.25, 0.3) is 17.8 Å². The highest BCUT2D eigenvalue weighted by Gasteiger charge is 2.21. The summed E-state index contributed by atoms with van der Waals surface area (Å²) in [5.74, 6) is -0.154. The Hall–Kier alpha value is -1.71. The van der Waals surface area contributed by atoms with E-state index in [0.29, 0.717) is 0 Å². The molecule has 1 rings (SSSR count). The first-order valence-corrected chi connectivity index (χ1v) is 6.85. The molecule has 0 amide bonds. The number of rotatable bonds is 6. The van der Waals surface area contributed by atoms with E-state index in [-0.39, 0.29) is 36.0 Å². The zero-order valence-corrected chi connectivity index (χ0v) is 13.3. The number of nitrogens with zero attached hydrogens (tertiary/aromatic N) is 6. The fourth-order valence-corrected chi connectivity index (χ4v) is 1.34. The predicted molar refractivity (Wildman–Crippen MR) is 78.0 cm³/mol. The van der Waals surface area contributed by atoms with Gasteiger partial charge in [0.1, 0.15) is 0 Å². The number of hydrogen-bond acceptors (Lipinski definition) is 9. The van der Waals surface area contributed by atoms with Crippen LogP contribution in [0.5, 0.6) is 0 Å². The lowest BCUT2D eigenvalue weighted by Crippen LogP contribution is -2.35. The van der Waals surface area contributed by atoms with E-state index in [0.717, 1.165) is 15.2 Å². The van der Waals surface area contributed by atoms with Crippen molar-refractivity contribution in [3.05, 3.63) is 0 Å². The van der Waals surface area contributed by atoms with Crippen molar-refractivity contribution in [1.82, 2.24) is 15.0 Å². The quantitative estimate of drug-likeness (QED) is 0.676. The van der Waals surface area contributed by atoms with E-state index in [4.69, 9.17) is 0 Å². The van der Waals surface area contributed by atoms with Gasteiger partial charge in [0, 0.05) is 0 Å². The van der Waals surface area contributed by atoms with Crippen molar-refractivity contribution in [2.24, 2.45) is 0 Å². The van der Waals surface area contributed by atoms with Crippen molar-refractivity contribution in [3.63, 3.8) is 0 Å². The van der Waals surface area contributed by atoms with E-state index >= 15 is 0 Å². The molecule has 120 valence electrons. The summed E-state index contributed by atoms with van der Waals surface area (Å²) in [5, 5.41) is 32.4. The van der Waals surface area contributed by atoms with Gasteiger partial charge in [-0.3, -0.25) is 15.6 Å². The Bertz CT molecular complexity index is 389. The third kappa shape index (κ3) is 4.13. The third-order valence-corrected chi connectivity index (χ3v) is 2.68. The second kappa shape index (κ2) is 6.83. The molecular weight excluding hydrogens is 276 g/mol. The molecule has 0 atom stereocenters. The molecule has 1 heterocycles. The summed E-state index contributed by atoms with van der Waals surface area (Å²) in [7, 11) is 0. The molecule has 1 aromatic rings. The van der Waals surface area contributed by atoms with E-state index in [9.17, 15) is 15.6 Å². The molecule has 0 aliphatic heterocycles. The summed E-state index contributed by atoms with van der Waals surface area (Å²) < 4.78 is 0. The van der Waals surface area contributed by atoms with Gasteiger partial charge in [-0.1, -0.05) is 0 Å². The number of hydroxylamine groups is 3. The van der Waals surface area contributed by atoms with Gasteiger partial charge in [-0.05, 0) is 41.5 Å². The summed E-state index contributed by atoms with van der Waals surface area (Å²) in [4.78, 5) is 12.0. The molecule has 3 N–H and O–H groups in total. The maximum atomic E-state index is 9.97. The van der Waals surface area contributed by atoms with Gasteiger partial charge >= 0.3 is 0 Å². The molecule has 0 radical (unpaired) electrons. The normalized spacial score (nSPS) is 11.4. The van der Waals surface area contributed by atoms with Crippen LogP contribution in [0.2, 0.25) is 0 Å². The molecular formula is C12H24N6O3. The first-order chi connectivity index (χ1) is 9.65. The van der Waals surface area contributed by atoms with Crippen LogP contribution in [0.25, 0.3) is 0 Å². The zero-order chi connectivity index (χ0) is 16.3. The molecule has 0 aliphatic carbocycles. The lowest BCUT2D eigenvalue weighted by Gasteiger charge is -2.25. The fraction of sp³-hybridized carbons (Fsp3) is 0.750. The molecule has 0 saturated heterocycles. The number of anilines is 3. The highest BCUT2D eigenvalue weighted by atomic mass is 16.5. The standard InChI is InChI=1S/C12H24N6O3/c1-7(2)16(19)10-13-11(17(20)8(3)4)15-12(14-10)18(21)9(5)6/h7-9,19-21H,1-6H3. The van der Waals surface area contributed by atoms with E-state index in [2.05, 4.69) is 15.0 Å². The molecule has 21 heavy (non-hydrogen) atoms. The molecule has 0 aromatic carbocycles. The molecule has 0 fully saturated rings. The van der Waals surface area contributed by atoms with Crippen LogP contribution >= 0.6 is 0 Å². The minimum atomic E-state index is -0.273. The van der Waals surface area contributed by atoms with Gasteiger partial charge < -0.3 is 0 Å². The van der Waals surface area contributed by atoms with Crippen molar-refractivity contribution in [1.29, 1.82) is 0 Å². The maximum Gasteiger partial charge on any atom is 0.256 e. The molecule has 0 saturated carbocycles. The summed E-state index contributed by atoms with van der Waals surface area (Å²) in [6.07, 6.45) is 0. The molecule has 0 aliphatic rings. The monoisotopic (exact) mass is 300 g/mol. The smallest absolute Gasteiger partial charge is 0.256 e. The minimum absolute atomic E-state index is 0.0515. The largest absolute Gasteiger partial charge is 0.285 e. The SMILES string of the molecule is CC(C)N(O)c1nc(N(O)C(C)C)nc(N(O)C(C)C)n1. The van der Waals surface area contributed by atoms with Crippen LogP contribution in [0.1, 0.15) is 41.5 Å². The second-order valence-corrected chi connectivity index (χ2v) is 5.55. The lowest BCUT2D eigenvalue weighted by atomic mass is 10.4. The van der Waals surface area contributed by atoms with Gasteiger partial charge in [0.15, 0.2) is 0 Å². The Morgan fingerprint density at radius 2 is 0.762 bits per heavy atom. The average Bonchev–Trinajstić information content (AvgIpc) is 2.43. The van der Waals surface area contributed by atoms with Crippen molar-refractivity contribution in [2.75, 3.05) is 15.2 Å². The van der Waals surface area contributed by atoms with Crippen LogP contribution in [0, 0.1) is 0 Å². The summed E-state index contributed by atoms with van der Waals surface area (Å²) in [6.45, 7) is 10.5. The topological polar surface area (TPSA) is 109 Å². The fourth-order valence-electron chi connectivity index (χ4n) is 1.34. The van der Waals surface area contributed by atoms with Crippen LogP contribution in [0.3, 0.4) is 0 Å². The summed E-state index contributed by atoms with van der Waals surface area (Å²) in [6, 6.07) is -0.818. The Kier molecular flexibility index (Phi) is 5.64. The Balaban J connectivity index is 3.32. The van der Waals surface area contributed by atoms with Crippen molar-refractivity contribution < 1.29 is 15.6 Å². The van der Waals surface area contributed by atoms with Crippen LogP contribution in [0.15, 0.2) is 0 Å². The maximum absolute atomic E-state index is 9.97. The number of aromatic nitrogens is 3. The third-order valence-electron chi connectivity index (χ3n) is 2.68. The summed E-state index contributed by atoms with van der Waals surface area (Å²) in [5.41, 5.74) is 0. The van der Waals surface area contributed by atoms with Crippen LogP contribution in [-0.4, -0.2) is 48.7 Å². The minimum Gasteiger partial charge on any atom is -0.285 e. The molecule has 9 heteroatoms. The van der Waals surface area contributed by atoms with Gasteiger partial charge in [-0.25, -0.2) is 15.2 Å². The Morgan fingerprint density at radius 1 is 0.571 bits per heavy atom. The van der Waals surface area contributed by atoms with Gasteiger partial charge in [-0.15, -0.1) is 0 Å². The van der Waals surface area contributed by atoms with Crippen LogP contribution in [-0.2, 0) is 0 Å². The average molecular weight is 300 g/mol. The molecule has 0 unspecified atom stereocenters. The van der Waals surface area contributed by atoms with Gasteiger partial charge in [0.2, 0.25) is 0 Å². The Labute approximate surface area is 124 Å². The van der Waals surface area contributed by atoms with E-state index in [1.807, 2.05) is 0 Å². The highest BCUT2D eigenvalue weighted by Crippen LogP contribution is 2.20. The van der Waals surface area contributed by atoms with E-state index in [1.165, 1.54) is 0 Å². The Morgan fingerprint density at radius 3 is 0.905 bits per heavy atom. The highest BCUT2D eigenvalue weighted by molar-refractivity contribution is 5.43. The molecule has 0 spiro atoms. The zero-order valence-electron chi connectivity index (χ0n) is 13.3. The molecule has 9 nitrogen and oxygen atoms in total. The lowest BCUT2D eigenvalue weighted by molar-refractivity contribution is 0.205. The second-order valence-electron chi connectivity index (χ2n) is 5.55. The molecule has 0 bridgehead atoms. The van der Waals surface area contributed by atoms with Crippen LogP contribution < -0.4 is 15.2 Å². The van der Waals surface area contributed by atoms with Crippen molar-refractivity contribution in [2.45, 2.75) is 59.7 Å². The van der Waals surface area contributed by atoms with E-state index in [1.54, 1.807) is 41.5 Å². The molecule has 1 aromatic heterocycles. The first kappa shape index (κ1) is 17.3. The van der Waals surface area contributed by atoms with Crippen LogP contribution in [0.4, 0.5) is 17.8 Å². The van der Waals surface area contributed by atoms with Gasteiger partial charge in [0.05, 0.1) is 18.1 Å². The summed E-state index contributed by atoms with van der Waals surface area (Å²) >= 11 is 0. The first-order valence-electron chi connectivity index (χ1n) is 6.85.